The van der Waals surface area contributed by atoms with Gasteiger partial charge in [-0.1, -0.05) is 0 Å². The number of primary sulfonamides is 1. The Morgan fingerprint density at radius 3 is 2.55 bits per heavy atom. The molecule has 12 heteroatoms. The van der Waals surface area contributed by atoms with Crippen molar-refractivity contribution in [3.8, 4) is 0 Å². The SMILES string of the molecule is COCCS(=O)(=O)N1CCC(NC(=O)c2cc3cc(S(N)(=O)=O)ccc3o2)CC1. The van der Waals surface area contributed by atoms with E-state index in [0.29, 0.717) is 36.9 Å². The van der Waals surface area contributed by atoms with Crippen molar-refractivity contribution in [1.29, 1.82) is 0 Å². The fraction of sp³-hybridized carbons (Fsp3) is 0.471. The fourth-order valence-electron chi connectivity index (χ4n) is 3.16. The van der Waals surface area contributed by atoms with Gasteiger partial charge in [0.1, 0.15) is 5.58 Å². The molecule has 1 aliphatic rings. The van der Waals surface area contributed by atoms with Crippen LogP contribution in [0.1, 0.15) is 23.4 Å². The molecule has 1 amide bonds. The molecule has 0 radical (unpaired) electrons. The molecule has 1 fully saturated rings. The number of rotatable bonds is 7. The van der Waals surface area contributed by atoms with Gasteiger partial charge in [-0.25, -0.2) is 26.3 Å². The van der Waals surface area contributed by atoms with Crippen molar-refractivity contribution in [3.63, 3.8) is 0 Å². The molecule has 10 nitrogen and oxygen atoms in total. The Morgan fingerprint density at radius 2 is 1.93 bits per heavy atom. The van der Waals surface area contributed by atoms with E-state index in [1.165, 1.54) is 35.7 Å². The summed E-state index contributed by atoms with van der Waals surface area (Å²) in [6, 6.07) is 5.35. The minimum absolute atomic E-state index is 0.0433. The number of methoxy groups -OCH3 is 1. The first-order valence-electron chi connectivity index (χ1n) is 8.94. The predicted octanol–water partition coefficient (Wildman–Crippen LogP) is 0.251. The maximum atomic E-state index is 12.5. The van der Waals surface area contributed by atoms with Crippen LogP contribution >= 0.6 is 0 Å². The molecule has 160 valence electrons. The number of nitrogens with one attached hydrogen (secondary N) is 1. The molecule has 1 aliphatic heterocycles. The number of hydrogen-bond acceptors (Lipinski definition) is 7. The number of nitrogens with two attached hydrogens (primary N) is 1. The van der Waals surface area contributed by atoms with Crippen molar-refractivity contribution in [2.24, 2.45) is 5.14 Å². The monoisotopic (exact) mass is 445 g/mol. The van der Waals surface area contributed by atoms with E-state index in [4.69, 9.17) is 14.3 Å². The Bertz CT molecular complexity index is 1100. The standard InChI is InChI=1S/C17H23N3O7S2/c1-26-8-9-28(22,23)20-6-4-13(5-7-20)19-17(21)16-11-12-10-14(29(18,24)25)2-3-15(12)27-16/h2-3,10-11,13H,4-9H2,1H3,(H,19,21)(H2,18,24,25). The third-order valence-corrected chi connectivity index (χ3v) is 7.51. The number of ether oxygens (including phenoxy) is 1. The van der Waals surface area contributed by atoms with E-state index in [9.17, 15) is 21.6 Å². The molecular weight excluding hydrogens is 422 g/mol. The first kappa shape index (κ1) is 21.7. The number of amides is 1. The van der Waals surface area contributed by atoms with Crippen LogP contribution in [0, 0.1) is 0 Å². The lowest BCUT2D eigenvalue weighted by Gasteiger charge is -2.31. The number of benzene rings is 1. The summed E-state index contributed by atoms with van der Waals surface area (Å²) in [5, 5.41) is 8.39. The average Bonchev–Trinajstić information content (AvgIpc) is 3.10. The Morgan fingerprint density at radius 1 is 1.24 bits per heavy atom. The lowest BCUT2D eigenvalue weighted by molar-refractivity contribution is 0.0898. The van der Waals surface area contributed by atoms with E-state index in [2.05, 4.69) is 5.32 Å². The molecule has 0 unspecified atom stereocenters. The second-order valence-electron chi connectivity index (χ2n) is 6.81. The average molecular weight is 446 g/mol. The summed E-state index contributed by atoms with van der Waals surface area (Å²) >= 11 is 0. The highest BCUT2D eigenvalue weighted by Gasteiger charge is 2.29. The first-order chi connectivity index (χ1) is 13.6. The highest BCUT2D eigenvalue weighted by molar-refractivity contribution is 7.89. The Labute approximate surface area is 169 Å². The van der Waals surface area contributed by atoms with Gasteiger partial charge in [0.25, 0.3) is 5.91 Å². The third kappa shape index (κ3) is 5.14. The van der Waals surface area contributed by atoms with Gasteiger partial charge >= 0.3 is 0 Å². The molecule has 0 bridgehead atoms. The summed E-state index contributed by atoms with van der Waals surface area (Å²) in [5.41, 5.74) is 0.363. The minimum atomic E-state index is -3.86. The normalized spacial score (nSPS) is 16.9. The van der Waals surface area contributed by atoms with Gasteiger partial charge in [-0.2, -0.15) is 0 Å². The number of sulfonamides is 2. The third-order valence-electron chi connectivity index (χ3n) is 4.77. The van der Waals surface area contributed by atoms with E-state index in [0.717, 1.165) is 0 Å². The van der Waals surface area contributed by atoms with Gasteiger partial charge in [0.2, 0.25) is 20.0 Å². The molecule has 2 aromatic rings. The molecule has 0 aliphatic carbocycles. The largest absolute Gasteiger partial charge is 0.451 e. The Kier molecular flexibility index (Phi) is 6.29. The lowest BCUT2D eigenvalue weighted by atomic mass is 10.1. The molecule has 1 aromatic heterocycles. The van der Waals surface area contributed by atoms with Crippen molar-refractivity contribution in [3.05, 3.63) is 30.0 Å². The molecular formula is C17H23N3O7S2. The van der Waals surface area contributed by atoms with Crippen LogP contribution in [0.4, 0.5) is 0 Å². The van der Waals surface area contributed by atoms with Crippen LogP contribution in [0.3, 0.4) is 0 Å². The number of piperidine rings is 1. The minimum Gasteiger partial charge on any atom is -0.451 e. The molecule has 1 saturated heterocycles. The Balaban J connectivity index is 1.63. The summed E-state index contributed by atoms with van der Waals surface area (Å²) < 4.78 is 59.0. The molecule has 2 heterocycles. The van der Waals surface area contributed by atoms with Gasteiger partial charge in [-0.05, 0) is 37.1 Å². The second kappa shape index (κ2) is 8.40. The quantitative estimate of drug-likeness (QED) is 0.620. The summed E-state index contributed by atoms with van der Waals surface area (Å²) in [7, 11) is -5.77. The van der Waals surface area contributed by atoms with Crippen LogP contribution in [0.5, 0.6) is 0 Å². The number of hydrogen-bond donors (Lipinski definition) is 2. The summed E-state index contributed by atoms with van der Waals surface area (Å²) in [5.74, 6) is -0.471. The van der Waals surface area contributed by atoms with Crippen molar-refractivity contribution < 1.29 is 30.8 Å². The Hall–Kier alpha value is -1.99. The van der Waals surface area contributed by atoms with Crippen LogP contribution < -0.4 is 10.5 Å². The van der Waals surface area contributed by atoms with E-state index < -0.39 is 26.0 Å². The van der Waals surface area contributed by atoms with E-state index >= 15 is 0 Å². The number of fused-ring (bicyclic) bond motifs is 1. The highest BCUT2D eigenvalue weighted by atomic mass is 32.2. The second-order valence-corrected chi connectivity index (χ2v) is 10.5. The van der Waals surface area contributed by atoms with Crippen molar-refractivity contribution in [1.82, 2.24) is 9.62 Å². The molecule has 0 atom stereocenters. The number of nitrogens with zero attached hydrogens (tertiary/aromatic N) is 1. The maximum Gasteiger partial charge on any atom is 0.287 e. The number of carbonyl (C=O) groups is 1. The highest BCUT2D eigenvalue weighted by Crippen LogP contribution is 2.23. The van der Waals surface area contributed by atoms with Gasteiger partial charge < -0.3 is 14.5 Å². The summed E-state index contributed by atoms with van der Waals surface area (Å²) in [6.07, 6.45) is 0.960. The van der Waals surface area contributed by atoms with Crippen molar-refractivity contribution >= 4 is 36.9 Å². The molecule has 3 N–H and O–H groups in total. The van der Waals surface area contributed by atoms with E-state index in [-0.39, 0.29) is 29.1 Å². The molecule has 3 rings (SSSR count). The van der Waals surface area contributed by atoms with Crippen LogP contribution in [0.15, 0.2) is 33.6 Å². The zero-order valence-electron chi connectivity index (χ0n) is 15.8. The van der Waals surface area contributed by atoms with Crippen LogP contribution in [-0.4, -0.2) is 65.6 Å². The molecule has 29 heavy (non-hydrogen) atoms. The van der Waals surface area contributed by atoms with Crippen LogP contribution in [-0.2, 0) is 24.8 Å². The van der Waals surface area contributed by atoms with Crippen LogP contribution in [0.2, 0.25) is 0 Å². The van der Waals surface area contributed by atoms with Crippen molar-refractivity contribution in [2.75, 3.05) is 32.6 Å². The van der Waals surface area contributed by atoms with Crippen molar-refractivity contribution in [2.45, 2.75) is 23.8 Å². The molecule has 1 aromatic carbocycles. The zero-order valence-corrected chi connectivity index (χ0v) is 17.5. The fourth-order valence-corrected chi connectivity index (χ4v) is 5.11. The van der Waals surface area contributed by atoms with Crippen LogP contribution in [0.25, 0.3) is 11.0 Å². The van der Waals surface area contributed by atoms with E-state index in [1.54, 1.807) is 0 Å². The topological polar surface area (TPSA) is 149 Å². The predicted molar refractivity (Wildman–Crippen MR) is 105 cm³/mol. The maximum absolute atomic E-state index is 12.5. The van der Waals surface area contributed by atoms with E-state index in [1.807, 2.05) is 0 Å². The smallest absolute Gasteiger partial charge is 0.287 e. The lowest BCUT2D eigenvalue weighted by Crippen LogP contribution is -2.47. The summed E-state index contributed by atoms with van der Waals surface area (Å²) in [6.45, 7) is 0.766. The summed E-state index contributed by atoms with van der Waals surface area (Å²) in [4.78, 5) is 12.4. The van der Waals surface area contributed by atoms with Gasteiger partial charge in [0.05, 0.1) is 17.3 Å². The first-order valence-corrected chi connectivity index (χ1v) is 12.1. The molecule has 0 spiro atoms. The van der Waals surface area contributed by atoms with Gasteiger partial charge in [-0.15, -0.1) is 0 Å². The number of furan rings is 1. The molecule has 0 saturated carbocycles. The van der Waals surface area contributed by atoms with Gasteiger partial charge in [0, 0.05) is 31.6 Å². The van der Waals surface area contributed by atoms with Gasteiger partial charge in [0.15, 0.2) is 5.76 Å². The zero-order chi connectivity index (χ0) is 21.2. The number of carbonyl (C=O) groups excluding carboxylic acids is 1. The van der Waals surface area contributed by atoms with Gasteiger partial charge in [-0.3, -0.25) is 4.79 Å².